The summed E-state index contributed by atoms with van der Waals surface area (Å²) in [7, 11) is 0. The van der Waals surface area contributed by atoms with Gasteiger partial charge in [0.15, 0.2) is 0 Å². The third-order valence-electron chi connectivity index (χ3n) is 3.34. The summed E-state index contributed by atoms with van der Waals surface area (Å²) in [5.41, 5.74) is 0.586. The van der Waals surface area contributed by atoms with Crippen LogP contribution in [0.15, 0.2) is 24.3 Å². The number of amides is 1. The van der Waals surface area contributed by atoms with Crippen molar-refractivity contribution in [1.82, 2.24) is 5.32 Å². The molecule has 2 rings (SSSR count). The molecule has 2 atom stereocenters. The van der Waals surface area contributed by atoms with Crippen molar-refractivity contribution < 1.29 is 18.3 Å². The van der Waals surface area contributed by atoms with Crippen LogP contribution in [0.1, 0.15) is 19.8 Å². The molecule has 0 radical (unpaired) electrons. The SMILES string of the molecule is CC1CC(C(=O)Nc2ccc(OC(F)F)cc2)CCN1. The van der Waals surface area contributed by atoms with Gasteiger partial charge in [-0.05, 0) is 50.6 Å². The lowest BCUT2D eigenvalue weighted by Crippen LogP contribution is -2.40. The Balaban J connectivity index is 1.90. The minimum Gasteiger partial charge on any atom is -0.435 e. The number of alkyl halides is 2. The average molecular weight is 284 g/mol. The highest BCUT2D eigenvalue weighted by Crippen LogP contribution is 2.21. The van der Waals surface area contributed by atoms with E-state index in [1.54, 1.807) is 12.1 Å². The van der Waals surface area contributed by atoms with E-state index in [1.807, 2.05) is 0 Å². The Morgan fingerprint density at radius 1 is 1.40 bits per heavy atom. The average Bonchev–Trinajstić information content (AvgIpc) is 2.40. The van der Waals surface area contributed by atoms with Gasteiger partial charge in [0.05, 0.1) is 0 Å². The van der Waals surface area contributed by atoms with Crippen LogP contribution in [0.4, 0.5) is 14.5 Å². The molecule has 0 aliphatic carbocycles. The van der Waals surface area contributed by atoms with Crippen LogP contribution in [0, 0.1) is 5.92 Å². The van der Waals surface area contributed by atoms with E-state index in [-0.39, 0.29) is 17.6 Å². The van der Waals surface area contributed by atoms with Gasteiger partial charge < -0.3 is 15.4 Å². The van der Waals surface area contributed by atoms with E-state index in [2.05, 4.69) is 22.3 Å². The van der Waals surface area contributed by atoms with Crippen LogP contribution < -0.4 is 15.4 Å². The van der Waals surface area contributed by atoms with Crippen LogP contribution >= 0.6 is 0 Å². The van der Waals surface area contributed by atoms with Crippen molar-refractivity contribution in [3.05, 3.63) is 24.3 Å². The number of nitrogens with one attached hydrogen (secondary N) is 2. The lowest BCUT2D eigenvalue weighted by Gasteiger charge is -2.27. The standard InChI is InChI=1S/C14H18F2N2O2/c1-9-8-10(6-7-17-9)13(19)18-11-2-4-12(5-3-11)20-14(15)16/h2-5,9-10,14,17H,6-8H2,1H3,(H,18,19). The number of ether oxygens (including phenoxy) is 1. The number of halogens is 2. The molecular weight excluding hydrogens is 266 g/mol. The fourth-order valence-corrected chi connectivity index (χ4v) is 2.33. The number of anilines is 1. The number of hydrogen-bond donors (Lipinski definition) is 2. The summed E-state index contributed by atoms with van der Waals surface area (Å²) in [6.07, 6.45) is 1.61. The van der Waals surface area contributed by atoms with Gasteiger partial charge in [-0.2, -0.15) is 8.78 Å². The first-order valence-corrected chi connectivity index (χ1v) is 6.63. The second kappa shape index (κ2) is 6.65. The highest BCUT2D eigenvalue weighted by molar-refractivity contribution is 5.92. The van der Waals surface area contributed by atoms with Crippen molar-refractivity contribution in [2.75, 3.05) is 11.9 Å². The van der Waals surface area contributed by atoms with Gasteiger partial charge in [-0.3, -0.25) is 4.79 Å². The predicted molar refractivity (Wildman–Crippen MR) is 71.9 cm³/mol. The molecule has 0 saturated carbocycles. The second-order valence-corrected chi connectivity index (χ2v) is 4.97. The Morgan fingerprint density at radius 2 is 2.10 bits per heavy atom. The smallest absolute Gasteiger partial charge is 0.387 e. The van der Waals surface area contributed by atoms with Gasteiger partial charge in [0.1, 0.15) is 5.75 Å². The monoisotopic (exact) mass is 284 g/mol. The Morgan fingerprint density at radius 3 is 2.70 bits per heavy atom. The first-order valence-electron chi connectivity index (χ1n) is 6.63. The summed E-state index contributed by atoms with van der Waals surface area (Å²) in [5.74, 6) is 0.0395. The first kappa shape index (κ1) is 14.7. The van der Waals surface area contributed by atoms with E-state index in [0.29, 0.717) is 11.7 Å². The van der Waals surface area contributed by atoms with Crippen LogP contribution in [0.3, 0.4) is 0 Å². The molecule has 1 amide bonds. The third-order valence-corrected chi connectivity index (χ3v) is 3.34. The molecule has 1 aliphatic rings. The van der Waals surface area contributed by atoms with Gasteiger partial charge in [-0.15, -0.1) is 0 Å². The van der Waals surface area contributed by atoms with Crippen LogP contribution in [0.2, 0.25) is 0 Å². The molecule has 20 heavy (non-hydrogen) atoms. The quantitative estimate of drug-likeness (QED) is 0.893. The van der Waals surface area contributed by atoms with Gasteiger partial charge in [-0.1, -0.05) is 0 Å². The van der Waals surface area contributed by atoms with E-state index in [0.717, 1.165) is 19.4 Å². The Labute approximate surface area is 116 Å². The van der Waals surface area contributed by atoms with Gasteiger partial charge in [0.25, 0.3) is 0 Å². The zero-order chi connectivity index (χ0) is 14.5. The van der Waals surface area contributed by atoms with E-state index >= 15 is 0 Å². The summed E-state index contributed by atoms with van der Waals surface area (Å²) in [5, 5.41) is 6.09. The van der Waals surface area contributed by atoms with Crippen molar-refractivity contribution in [3.8, 4) is 5.75 Å². The summed E-state index contributed by atoms with van der Waals surface area (Å²) < 4.78 is 28.3. The molecule has 2 N–H and O–H groups in total. The minimum absolute atomic E-state index is 0.0109. The highest BCUT2D eigenvalue weighted by Gasteiger charge is 2.24. The van der Waals surface area contributed by atoms with Crippen LogP contribution in [0.5, 0.6) is 5.75 Å². The molecule has 1 heterocycles. The molecule has 1 aromatic carbocycles. The minimum atomic E-state index is -2.84. The van der Waals surface area contributed by atoms with Gasteiger partial charge in [0, 0.05) is 17.6 Å². The number of rotatable bonds is 4. The molecule has 1 aromatic rings. The number of carbonyl (C=O) groups excluding carboxylic acids is 1. The van der Waals surface area contributed by atoms with Gasteiger partial charge in [-0.25, -0.2) is 0 Å². The van der Waals surface area contributed by atoms with Crippen LogP contribution in [-0.2, 0) is 4.79 Å². The van der Waals surface area contributed by atoms with E-state index in [4.69, 9.17) is 0 Å². The molecule has 6 heteroatoms. The zero-order valence-corrected chi connectivity index (χ0v) is 11.2. The third kappa shape index (κ3) is 4.16. The van der Waals surface area contributed by atoms with Crippen LogP contribution in [0.25, 0.3) is 0 Å². The van der Waals surface area contributed by atoms with Crippen molar-refractivity contribution in [1.29, 1.82) is 0 Å². The zero-order valence-electron chi connectivity index (χ0n) is 11.2. The topological polar surface area (TPSA) is 50.4 Å². The Kier molecular flexibility index (Phi) is 4.89. The van der Waals surface area contributed by atoms with Crippen molar-refractivity contribution >= 4 is 11.6 Å². The lowest BCUT2D eigenvalue weighted by atomic mass is 9.92. The normalized spacial score (nSPS) is 22.6. The molecule has 110 valence electrons. The maximum atomic E-state index is 12.1. The molecule has 0 aromatic heterocycles. The number of piperidine rings is 1. The molecule has 0 spiro atoms. The van der Waals surface area contributed by atoms with Crippen LogP contribution in [-0.4, -0.2) is 25.1 Å². The lowest BCUT2D eigenvalue weighted by molar-refractivity contribution is -0.120. The summed E-state index contributed by atoms with van der Waals surface area (Å²) >= 11 is 0. The summed E-state index contributed by atoms with van der Waals surface area (Å²) in [6.45, 7) is 0.0442. The van der Waals surface area contributed by atoms with Crippen molar-refractivity contribution in [2.45, 2.75) is 32.4 Å². The Hall–Kier alpha value is -1.69. The second-order valence-electron chi connectivity index (χ2n) is 4.97. The van der Waals surface area contributed by atoms with Gasteiger partial charge in [0.2, 0.25) is 5.91 Å². The molecule has 2 unspecified atom stereocenters. The predicted octanol–water partition coefficient (Wildman–Crippen LogP) is 2.61. The maximum absolute atomic E-state index is 12.1. The fourth-order valence-electron chi connectivity index (χ4n) is 2.33. The fraction of sp³-hybridized carbons (Fsp3) is 0.500. The molecule has 1 saturated heterocycles. The molecule has 4 nitrogen and oxygen atoms in total. The molecule has 1 aliphatic heterocycles. The van der Waals surface area contributed by atoms with Gasteiger partial charge >= 0.3 is 6.61 Å². The first-order chi connectivity index (χ1) is 9.54. The Bertz CT molecular complexity index is 451. The number of carbonyl (C=O) groups is 1. The molecule has 1 fully saturated rings. The molecular formula is C14H18F2N2O2. The van der Waals surface area contributed by atoms with Crippen molar-refractivity contribution in [2.24, 2.45) is 5.92 Å². The van der Waals surface area contributed by atoms with E-state index in [9.17, 15) is 13.6 Å². The number of benzene rings is 1. The van der Waals surface area contributed by atoms with Crippen molar-refractivity contribution in [3.63, 3.8) is 0 Å². The van der Waals surface area contributed by atoms with E-state index in [1.165, 1.54) is 12.1 Å². The van der Waals surface area contributed by atoms with E-state index < -0.39 is 6.61 Å². The number of hydrogen-bond acceptors (Lipinski definition) is 3. The highest BCUT2D eigenvalue weighted by atomic mass is 19.3. The summed E-state index contributed by atoms with van der Waals surface area (Å²) in [4.78, 5) is 12.1. The summed E-state index contributed by atoms with van der Waals surface area (Å²) in [6, 6.07) is 6.26. The maximum Gasteiger partial charge on any atom is 0.387 e. The molecule has 0 bridgehead atoms. The largest absolute Gasteiger partial charge is 0.435 e.